The average Bonchev–Trinajstić information content (AvgIpc) is 3.28. The lowest BCUT2D eigenvalue weighted by Gasteiger charge is -2.26. The summed E-state index contributed by atoms with van der Waals surface area (Å²) in [5, 5.41) is 6.90. The van der Waals surface area contributed by atoms with Crippen LogP contribution in [0.15, 0.2) is 18.5 Å². The van der Waals surface area contributed by atoms with E-state index in [0.29, 0.717) is 12.2 Å². The van der Waals surface area contributed by atoms with Crippen molar-refractivity contribution < 1.29 is 23.8 Å². The Hall–Kier alpha value is -2.88. The minimum atomic E-state index is -0.813. The zero-order valence-corrected chi connectivity index (χ0v) is 19.5. The van der Waals surface area contributed by atoms with Crippen LogP contribution in [0.3, 0.4) is 0 Å². The molecule has 2 aromatic heterocycles. The lowest BCUT2D eigenvalue weighted by atomic mass is 9.98. The third kappa shape index (κ3) is 5.29. The number of fused-ring (bicyclic) bond motifs is 1. The van der Waals surface area contributed by atoms with Crippen LogP contribution >= 0.6 is 0 Å². The number of hydrogen-bond acceptors (Lipinski definition) is 8. The van der Waals surface area contributed by atoms with E-state index in [9.17, 15) is 9.59 Å². The number of carbonyl (C=O) groups is 2. The summed E-state index contributed by atoms with van der Waals surface area (Å²) in [4.78, 5) is 28.8. The predicted molar refractivity (Wildman–Crippen MR) is 118 cm³/mol. The molecule has 0 unspecified atom stereocenters. The first-order chi connectivity index (χ1) is 14.9. The van der Waals surface area contributed by atoms with Gasteiger partial charge in [-0.1, -0.05) is 13.8 Å². The summed E-state index contributed by atoms with van der Waals surface area (Å²) in [7, 11) is 0. The van der Waals surface area contributed by atoms with Crippen LogP contribution in [0, 0.1) is 5.92 Å². The Morgan fingerprint density at radius 2 is 2.09 bits per heavy atom. The van der Waals surface area contributed by atoms with Crippen molar-refractivity contribution in [2.45, 2.75) is 77.7 Å². The van der Waals surface area contributed by atoms with Gasteiger partial charge in [-0.2, -0.15) is 5.10 Å². The van der Waals surface area contributed by atoms with Crippen LogP contribution in [0.2, 0.25) is 0 Å². The summed E-state index contributed by atoms with van der Waals surface area (Å²) in [6.07, 6.45) is 1.92. The molecule has 10 heteroatoms. The smallest absolute Gasteiger partial charge is 0.408 e. The van der Waals surface area contributed by atoms with Crippen LogP contribution in [0.4, 0.5) is 10.6 Å². The van der Waals surface area contributed by atoms with Crippen molar-refractivity contribution in [1.82, 2.24) is 19.9 Å². The van der Waals surface area contributed by atoms with Gasteiger partial charge in [0.05, 0.1) is 11.8 Å². The summed E-state index contributed by atoms with van der Waals surface area (Å²) < 4.78 is 18.8. The quantitative estimate of drug-likeness (QED) is 0.647. The summed E-state index contributed by atoms with van der Waals surface area (Å²) in [5.74, 6) is -0.283. The Bertz CT molecular complexity index is 983. The molecule has 3 N–H and O–H groups in total. The molecule has 2 aromatic rings. The van der Waals surface area contributed by atoms with Crippen LogP contribution in [-0.4, -0.2) is 51.0 Å². The second-order valence-electron chi connectivity index (χ2n) is 9.67. The van der Waals surface area contributed by atoms with Gasteiger partial charge < -0.3 is 25.3 Å². The van der Waals surface area contributed by atoms with Crippen LogP contribution in [0.25, 0.3) is 5.52 Å². The molecule has 1 saturated heterocycles. The second-order valence-corrected chi connectivity index (χ2v) is 9.67. The average molecular weight is 448 g/mol. The van der Waals surface area contributed by atoms with Gasteiger partial charge in [0.1, 0.15) is 35.7 Å². The van der Waals surface area contributed by atoms with Crippen LogP contribution in [-0.2, 0) is 24.6 Å². The van der Waals surface area contributed by atoms with Crippen LogP contribution in [0.1, 0.15) is 60.1 Å². The predicted octanol–water partition coefficient (Wildman–Crippen LogP) is 2.80. The van der Waals surface area contributed by atoms with Crippen molar-refractivity contribution >= 4 is 23.4 Å². The van der Waals surface area contributed by atoms with E-state index in [1.54, 1.807) is 25.3 Å². The number of nitrogens with zero attached hydrogens (tertiary/aromatic N) is 3. The van der Waals surface area contributed by atoms with E-state index >= 15 is 0 Å². The highest BCUT2D eigenvalue weighted by Crippen LogP contribution is 2.39. The molecule has 1 amide bonds. The molecule has 0 bridgehead atoms. The fraction of sp³-hybridized carbons (Fsp3) is 0.636. The lowest BCUT2D eigenvalue weighted by molar-refractivity contribution is -0.153. The third-order valence-electron chi connectivity index (χ3n) is 5.40. The van der Waals surface area contributed by atoms with Gasteiger partial charge in [0.25, 0.3) is 0 Å². The maximum Gasteiger partial charge on any atom is 0.408 e. The Kier molecular flexibility index (Phi) is 6.64. The Balaban J connectivity index is 1.60. The number of nitrogen functional groups attached to an aromatic ring is 1. The number of ether oxygens (including phenoxy) is 3. The highest BCUT2D eigenvalue weighted by molar-refractivity contribution is 5.81. The lowest BCUT2D eigenvalue weighted by Crippen LogP contribution is -2.47. The fourth-order valence-corrected chi connectivity index (χ4v) is 3.78. The molecular weight excluding hydrogens is 414 g/mol. The van der Waals surface area contributed by atoms with Gasteiger partial charge in [-0.15, -0.1) is 0 Å². The summed E-state index contributed by atoms with van der Waals surface area (Å²) in [5.41, 5.74) is 6.25. The van der Waals surface area contributed by atoms with Crippen molar-refractivity contribution in [1.29, 1.82) is 0 Å². The normalized spacial score (nSPS) is 22.2. The maximum absolute atomic E-state index is 12.7. The van der Waals surface area contributed by atoms with Gasteiger partial charge in [-0.3, -0.25) is 0 Å². The van der Waals surface area contributed by atoms with Crippen molar-refractivity contribution in [3.8, 4) is 0 Å². The number of esters is 1. The SMILES string of the molecule is CC(C)[C@H](NC(=O)OC(C)(C)C)C(=O)OC[C@@H]1CC[C@](C)(c2ccc3c(N)ncnn23)O1. The zero-order valence-electron chi connectivity index (χ0n) is 19.5. The van der Waals surface area contributed by atoms with E-state index in [0.717, 1.165) is 17.6 Å². The first kappa shape index (κ1) is 23.8. The second kappa shape index (κ2) is 8.93. The molecular formula is C22H33N5O5. The van der Waals surface area contributed by atoms with E-state index in [2.05, 4.69) is 15.4 Å². The van der Waals surface area contributed by atoms with Gasteiger partial charge in [-0.25, -0.2) is 19.1 Å². The zero-order chi connectivity index (χ0) is 23.7. The van der Waals surface area contributed by atoms with Crippen molar-refractivity contribution in [2.75, 3.05) is 12.3 Å². The molecule has 3 atom stereocenters. The number of aromatic nitrogens is 3. The van der Waals surface area contributed by atoms with Gasteiger partial charge in [0.2, 0.25) is 0 Å². The number of nitrogens with two attached hydrogens (primary N) is 1. The molecule has 0 radical (unpaired) electrons. The molecule has 10 nitrogen and oxygen atoms in total. The first-order valence-corrected chi connectivity index (χ1v) is 10.8. The molecule has 1 aliphatic heterocycles. The highest BCUT2D eigenvalue weighted by atomic mass is 16.6. The fourth-order valence-electron chi connectivity index (χ4n) is 3.78. The Morgan fingerprint density at radius 1 is 1.38 bits per heavy atom. The molecule has 176 valence electrons. The number of alkyl carbamates (subject to hydrolysis) is 1. The number of amides is 1. The highest BCUT2D eigenvalue weighted by Gasteiger charge is 2.41. The molecule has 0 spiro atoms. The van der Waals surface area contributed by atoms with E-state index in [1.165, 1.54) is 6.33 Å². The van der Waals surface area contributed by atoms with Crippen LogP contribution < -0.4 is 11.1 Å². The third-order valence-corrected chi connectivity index (χ3v) is 5.40. The molecule has 32 heavy (non-hydrogen) atoms. The standard InChI is InChI=1S/C22H33N5O5/c1-13(2)17(26-20(29)32-21(3,4)5)19(28)30-11-14-9-10-22(6,31-14)16-8-7-15-18(23)24-12-25-27(15)16/h7-8,12-14,17H,9-11H2,1-6H3,(H,26,29)(H2,23,24,25)/t14-,17-,22+/m0/s1. The maximum atomic E-state index is 12.7. The molecule has 0 saturated carbocycles. The molecule has 3 heterocycles. The van der Waals surface area contributed by atoms with Gasteiger partial charge in [0, 0.05) is 0 Å². The molecule has 3 rings (SSSR count). The van der Waals surface area contributed by atoms with Crippen molar-refractivity contribution in [3.05, 3.63) is 24.2 Å². The monoisotopic (exact) mass is 447 g/mol. The Labute approximate surface area is 187 Å². The molecule has 1 fully saturated rings. The summed E-state index contributed by atoms with van der Waals surface area (Å²) in [6.45, 7) is 11.0. The van der Waals surface area contributed by atoms with E-state index in [4.69, 9.17) is 19.9 Å². The Morgan fingerprint density at radius 3 is 2.75 bits per heavy atom. The summed E-state index contributed by atoms with van der Waals surface area (Å²) in [6, 6.07) is 2.98. The van der Waals surface area contributed by atoms with Gasteiger partial charge in [0.15, 0.2) is 5.82 Å². The molecule has 0 aromatic carbocycles. The van der Waals surface area contributed by atoms with E-state index in [-0.39, 0.29) is 18.6 Å². The van der Waals surface area contributed by atoms with Gasteiger partial charge in [-0.05, 0) is 58.6 Å². The number of rotatable bonds is 6. The molecule has 0 aliphatic carbocycles. The largest absolute Gasteiger partial charge is 0.461 e. The minimum Gasteiger partial charge on any atom is -0.461 e. The number of anilines is 1. The number of nitrogens with one attached hydrogen (secondary N) is 1. The molecule has 1 aliphatic rings. The summed E-state index contributed by atoms with van der Waals surface area (Å²) >= 11 is 0. The van der Waals surface area contributed by atoms with Crippen molar-refractivity contribution in [3.63, 3.8) is 0 Å². The van der Waals surface area contributed by atoms with Gasteiger partial charge >= 0.3 is 12.1 Å². The minimum absolute atomic E-state index is 0.0913. The first-order valence-electron chi connectivity index (χ1n) is 10.8. The van der Waals surface area contributed by atoms with Crippen LogP contribution in [0.5, 0.6) is 0 Å². The number of hydrogen-bond donors (Lipinski definition) is 2. The van der Waals surface area contributed by atoms with Crippen molar-refractivity contribution in [2.24, 2.45) is 5.92 Å². The number of carbonyl (C=O) groups excluding carboxylic acids is 2. The topological polar surface area (TPSA) is 130 Å². The van der Waals surface area contributed by atoms with E-state index in [1.807, 2.05) is 32.9 Å². The van der Waals surface area contributed by atoms with E-state index < -0.39 is 29.3 Å².